The van der Waals surface area contributed by atoms with Gasteiger partial charge in [-0.3, -0.25) is 0 Å². The zero-order chi connectivity index (χ0) is 8.55. The Kier molecular flexibility index (Phi) is 1.46. The quantitative estimate of drug-likeness (QED) is 0.646. The Morgan fingerprint density at radius 3 is 2.58 bits per heavy atom. The molecule has 4 nitrogen and oxygen atoms in total. The van der Waals surface area contributed by atoms with Gasteiger partial charge in [-0.25, -0.2) is 0 Å². The number of hydrogen-bond acceptors (Lipinski definition) is 4. The summed E-state index contributed by atoms with van der Waals surface area (Å²) >= 11 is 0. The third-order valence-electron chi connectivity index (χ3n) is 1.47. The second-order valence-corrected chi connectivity index (χ2v) is 2.61. The predicted octanol–water partition coefficient (Wildman–Crippen LogP) is 1.95. The number of furan rings is 1. The molecule has 0 N–H and O–H groups in total. The first kappa shape index (κ1) is 7.09. The van der Waals surface area contributed by atoms with Crippen molar-refractivity contribution in [1.82, 2.24) is 10.2 Å². The van der Waals surface area contributed by atoms with E-state index in [9.17, 15) is 0 Å². The van der Waals surface area contributed by atoms with Gasteiger partial charge in [-0.1, -0.05) is 0 Å². The van der Waals surface area contributed by atoms with E-state index in [1.165, 1.54) is 0 Å². The fraction of sp³-hybridized carbons (Fsp3) is 0.250. The Hall–Kier alpha value is -1.58. The van der Waals surface area contributed by atoms with E-state index in [1.54, 1.807) is 13.2 Å². The first-order valence-electron chi connectivity index (χ1n) is 3.61. The molecule has 0 radical (unpaired) electrons. The SMILES string of the molecule is Cc1coc(-c2nnc(C)o2)c1. The molecule has 4 heteroatoms. The Labute approximate surface area is 69.2 Å². The van der Waals surface area contributed by atoms with Crippen molar-refractivity contribution in [2.75, 3.05) is 0 Å². The molecule has 0 saturated carbocycles. The Morgan fingerprint density at radius 2 is 2.08 bits per heavy atom. The summed E-state index contributed by atoms with van der Waals surface area (Å²) in [5.41, 5.74) is 1.04. The lowest BCUT2D eigenvalue weighted by molar-refractivity contribution is 0.496. The van der Waals surface area contributed by atoms with E-state index in [0.29, 0.717) is 17.5 Å². The second-order valence-electron chi connectivity index (χ2n) is 2.61. The Balaban J connectivity index is 2.43. The number of aromatic nitrogens is 2. The minimum Gasteiger partial charge on any atom is -0.459 e. The highest BCUT2D eigenvalue weighted by molar-refractivity contribution is 5.44. The number of aryl methyl sites for hydroxylation is 2. The van der Waals surface area contributed by atoms with Gasteiger partial charge >= 0.3 is 0 Å². The number of rotatable bonds is 1. The largest absolute Gasteiger partial charge is 0.459 e. The van der Waals surface area contributed by atoms with Crippen LogP contribution in [0.4, 0.5) is 0 Å². The molecule has 0 aliphatic heterocycles. The zero-order valence-electron chi connectivity index (χ0n) is 6.87. The van der Waals surface area contributed by atoms with Gasteiger partial charge in [-0.05, 0) is 18.6 Å². The summed E-state index contributed by atoms with van der Waals surface area (Å²) in [4.78, 5) is 0. The average Bonchev–Trinajstić information content (AvgIpc) is 2.58. The molecular weight excluding hydrogens is 156 g/mol. The minimum absolute atomic E-state index is 0.431. The lowest BCUT2D eigenvalue weighted by Gasteiger charge is -1.82. The molecule has 62 valence electrons. The summed E-state index contributed by atoms with van der Waals surface area (Å²) < 4.78 is 10.3. The van der Waals surface area contributed by atoms with Crippen LogP contribution in [0.1, 0.15) is 11.5 Å². The second kappa shape index (κ2) is 2.48. The number of nitrogens with zero attached hydrogens (tertiary/aromatic N) is 2. The zero-order valence-corrected chi connectivity index (χ0v) is 6.87. The van der Waals surface area contributed by atoms with Crippen LogP contribution in [0.2, 0.25) is 0 Å². The van der Waals surface area contributed by atoms with E-state index in [-0.39, 0.29) is 0 Å². The maximum Gasteiger partial charge on any atom is 0.283 e. The van der Waals surface area contributed by atoms with Gasteiger partial charge in [0.2, 0.25) is 5.89 Å². The lowest BCUT2D eigenvalue weighted by atomic mass is 10.3. The van der Waals surface area contributed by atoms with Crippen LogP contribution in [-0.4, -0.2) is 10.2 Å². The van der Waals surface area contributed by atoms with Crippen LogP contribution in [-0.2, 0) is 0 Å². The van der Waals surface area contributed by atoms with E-state index in [2.05, 4.69) is 10.2 Å². The van der Waals surface area contributed by atoms with Crippen molar-refractivity contribution in [2.45, 2.75) is 13.8 Å². The van der Waals surface area contributed by atoms with Crippen LogP contribution in [0.3, 0.4) is 0 Å². The first-order valence-corrected chi connectivity index (χ1v) is 3.61. The van der Waals surface area contributed by atoms with Gasteiger partial charge in [0.15, 0.2) is 5.76 Å². The molecule has 0 aliphatic rings. The summed E-state index contributed by atoms with van der Waals surface area (Å²) in [6.45, 7) is 3.68. The van der Waals surface area contributed by atoms with Crippen LogP contribution in [0, 0.1) is 13.8 Å². The Morgan fingerprint density at radius 1 is 1.25 bits per heavy atom. The normalized spacial score (nSPS) is 10.5. The van der Waals surface area contributed by atoms with Gasteiger partial charge in [0.1, 0.15) is 0 Å². The maximum atomic E-state index is 5.17. The van der Waals surface area contributed by atoms with E-state index >= 15 is 0 Å². The smallest absolute Gasteiger partial charge is 0.283 e. The molecular formula is C8H8N2O2. The van der Waals surface area contributed by atoms with Crippen molar-refractivity contribution in [3.05, 3.63) is 23.8 Å². The van der Waals surface area contributed by atoms with E-state index < -0.39 is 0 Å². The molecule has 2 heterocycles. The van der Waals surface area contributed by atoms with Gasteiger partial charge in [-0.2, -0.15) is 0 Å². The molecule has 0 aliphatic carbocycles. The predicted molar refractivity (Wildman–Crippen MR) is 41.5 cm³/mol. The average molecular weight is 164 g/mol. The molecule has 2 rings (SSSR count). The Bertz CT molecular complexity index is 351. The van der Waals surface area contributed by atoms with Crippen molar-refractivity contribution >= 4 is 0 Å². The molecule has 0 saturated heterocycles. The van der Waals surface area contributed by atoms with Crippen molar-refractivity contribution in [1.29, 1.82) is 0 Å². The molecule has 0 atom stereocenters. The van der Waals surface area contributed by atoms with Crippen molar-refractivity contribution in [3.8, 4) is 11.7 Å². The summed E-state index contributed by atoms with van der Waals surface area (Å²) in [5.74, 6) is 1.59. The standard InChI is InChI=1S/C8H8N2O2/c1-5-3-7(11-4-5)8-10-9-6(2)12-8/h3-4H,1-2H3. The monoisotopic (exact) mass is 164 g/mol. The topological polar surface area (TPSA) is 52.1 Å². The third-order valence-corrected chi connectivity index (χ3v) is 1.47. The molecule has 0 bridgehead atoms. The fourth-order valence-corrected chi connectivity index (χ4v) is 0.940. The van der Waals surface area contributed by atoms with Gasteiger partial charge < -0.3 is 8.83 Å². The molecule has 2 aromatic heterocycles. The van der Waals surface area contributed by atoms with Gasteiger partial charge in [0.25, 0.3) is 5.89 Å². The van der Waals surface area contributed by atoms with Gasteiger partial charge in [0, 0.05) is 6.92 Å². The van der Waals surface area contributed by atoms with Crippen molar-refractivity contribution < 1.29 is 8.83 Å². The summed E-state index contributed by atoms with van der Waals surface area (Å²) in [5, 5.41) is 7.51. The molecule has 0 amide bonds. The van der Waals surface area contributed by atoms with Crippen molar-refractivity contribution in [2.24, 2.45) is 0 Å². The number of hydrogen-bond donors (Lipinski definition) is 0. The highest BCUT2D eigenvalue weighted by atomic mass is 16.4. The third kappa shape index (κ3) is 1.11. The molecule has 12 heavy (non-hydrogen) atoms. The molecule has 0 spiro atoms. The maximum absolute atomic E-state index is 5.17. The van der Waals surface area contributed by atoms with Crippen LogP contribution in [0.15, 0.2) is 21.2 Å². The molecule has 2 aromatic rings. The van der Waals surface area contributed by atoms with Crippen molar-refractivity contribution in [3.63, 3.8) is 0 Å². The first-order chi connectivity index (χ1) is 5.75. The fourth-order valence-electron chi connectivity index (χ4n) is 0.940. The minimum atomic E-state index is 0.431. The summed E-state index contributed by atoms with van der Waals surface area (Å²) in [6, 6.07) is 1.85. The van der Waals surface area contributed by atoms with Crippen LogP contribution in [0.5, 0.6) is 0 Å². The highest BCUT2D eigenvalue weighted by Gasteiger charge is 2.08. The van der Waals surface area contributed by atoms with Gasteiger partial charge in [-0.15, -0.1) is 10.2 Å². The van der Waals surface area contributed by atoms with E-state index in [0.717, 1.165) is 5.56 Å². The lowest BCUT2D eigenvalue weighted by Crippen LogP contribution is -1.72. The van der Waals surface area contributed by atoms with Crippen LogP contribution in [0.25, 0.3) is 11.7 Å². The summed E-state index contributed by atoms with van der Waals surface area (Å²) in [6.07, 6.45) is 1.65. The van der Waals surface area contributed by atoms with E-state index in [4.69, 9.17) is 8.83 Å². The van der Waals surface area contributed by atoms with E-state index in [1.807, 2.05) is 13.0 Å². The molecule has 0 aromatic carbocycles. The highest BCUT2D eigenvalue weighted by Crippen LogP contribution is 2.19. The summed E-state index contributed by atoms with van der Waals surface area (Å²) in [7, 11) is 0. The van der Waals surface area contributed by atoms with Gasteiger partial charge in [0.05, 0.1) is 6.26 Å². The van der Waals surface area contributed by atoms with Crippen LogP contribution >= 0.6 is 0 Å². The molecule has 0 fully saturated rings. The molecule has 0 unspecified atom stereocenters. The van der Waals surface area contributed by atoms with Crippen LogP contribution < -0.4 is 0 Å².